The molecule has 6 nitrogen and oxygen atoms in total. The summed E-state index contributed by atoms with van der Waals surface area (Å²) < 4.78 is 11.2. The summed E-state index contributed by atoms with van der Waals surface area (Å²) in [4.78, 5) is 27.6. The summed E-state index contributed by atoms with van der Waals surface area (Å²) in [6, 6.07) is 11.1. The molecule has 1 N–H and O–H groups in total. The Hall–Kier alpha value is -2.38. The Labute approximate surface area is 184 Å². The van der Waals surface area contributed by atoms with Gasteiger partial charge in [0, 0.05) is 5.75 Å². The van der Waals surface area contributed by atoms with Gasteiger partial charge in [0.15, 0.2) is 11.5 Å². The second kappa shape index (κ2) is 8.04. The predicted molar refractivity (Wildman–Crippen MR) is 120 cm³/mol. The number of anilines is 2. The number of fused-ring (bicyclic) bond motifs is 2. The number of hydrogen-bond donors (Lipinski definition) is 1. The first kappa shape index (κ1) is 20.9. The van der Waals surface area contributed by atoms with Crippen LogP contribution in [0.1, 0.15) is 26.3 Å². The molecule has 1 atom stereocenters. The standard InChI is InChI=1S/C22H23ClN2O4S/c1-13(30-12-14-10-15(23)19-18(11-14)28-8-9-29-19)20(26)25-17-7-5-4-6-16(17)24-21(27)22(25,2)3/h4-7,10-11,13H,8-9,12H2,1-3H3,(H,24,27). The van der Waals surface area contributed by atoms with Crippen LogP contribution in [-0.2, 0) is 15.3 Å². The van der Waals surface area contributed by atoms with E-state index in [1.807, 2.05) is 37.3 Å². The highest BCUT2D eigenvalue weighted by molar-refractivity contribution is 7.99. The summed E-state index contributed by atoms with van der Waals surface area (Å²) in [5.74, 6) is 1.46. The number of carbonyl (C=O) groups is 2. The topological polar surface area (TPSA) is 67.9 Å². The van der Waals surface area contributed by atoms with Gasteiger partial charge in [-0.3, -0.25) is 14.5 Å². The van der Waals surface area contributed by atoms with Crippen molar-refractivity contribution >= 4 is 46.6 Å². The van der Waals surface area contributed by atoms with Gasteiger partial charge in [-0.15, -0.1) is 11.8 Å². The lowest BCUT2D eigenvalue weighted by atomic mass is 9.96. The Kier molecular flexibility index (Phi) is 5.59. The number of nitrogens with one attached hydrogen (secondary N) is 1. The number of hydrogen-bond acceptors (Lipinski definition) is 5. The third kappa shape index (κ3) is 3.72. The lowest BCUT2D eigenvalue weighted by Crippen LogP contribution is -2.60. The zero-order valence-corrected chi connectivity index (χ0v) is 18.6. The number of ether oxygens (including phenoxy) is 2. The summed E-state index contributed by atoms with van der Waals surface area (Å²) in [7, 11) is 0. The molecule has 2 amide bonds. The SMILES string of the molecule is CC(SCc1cc(Cl)c2c(c1)OCCO2)C(=O)N1c2ccccc2NC(=O)C1(C)C. The number of para-hydroxylation sites is 2. The van der Waals surface area contributed by atoms with Crippen molar-refractivity contribution in [2.45, 2.75) is 37.3 Å². The molecule has 0 bridgehead atoms. The minimum absolute atomic E-state index is 0.115. The van der Waals surface area contributed by atoms with E-state index in [9.17, 15) is 9.59 Å². The molecule has 0 aliphatic carbocycles. The summed E-state index contributed by atoms with van der Waals surface area (Å²) in [5, 5.41) is 3.03. The zero-order chi connectivity index (χ0) is 21.5. The normalized spacial score (nSPS) is 17.7. The molecule has 0 aromatic heterocycles. The Bertz CT molecular complexity index is 1010. The summed E-state index contributed by atoms with van der Waals surface area (Å²) in [6.45, 7) is 6.34. The highest BCUT2D eigenvalue weighted by Crippen LogP contribution is 2.41. The van der Waals surface area contributed by atoms with Crippen LogP contribution in [0.4, 0.5) is 11.4 Å². The van der Waals surface area contributed by atoms with Gasteiger partial charge < -0.3 is 14.8 Å². The molecule has 0 fully saturated rings. The quantitative estimate of drug-likeness (QED) is 0.749. The van der Waals surface area contributed by atoms with Crippen LogP contribution in [0.3, 0.4) is 0 Å². The van der Waals surface area contributed by atoms with E-state index < -0.39 is 5.54 Å². The van der Waals surface area contributed by atoms with Crippen molar-refractivity contribution < 1.29 is 19.1 Å². The first-order valence-electron chi connectivity index (χ1n) is 9.73. The molecule has 4 rings (SSSR count). The van der Waals surface area contributed by atoms with Gasteiger partial charge in [0.05, 0.1) is 21.6 Å². The van der Waals surface area contributed by atoms with Crippen molar-refractivity contribution in [1.29, 1.82) is 0 Å². The molecule has 8 heteroatoms. The first-order valence-corrected chi connectivity index (χ1v) is 11.2. The van der Waals surface area contributed by atoms with E-state index >= 15 is 0 Å². The molecule has 0 radical (unpaired) electrons. The lowest BCUT2D eigenvalue weighted by Gasteiger charge is -2.43. The minimum atomic E-state index is -0.986. The lowest BCUT2D eigenvalue weighted by molar-refractivity contribution is -0.126. The maximum Gasteiger partial charge on any atom is 0.250 e. The Balaban J connectivity index is 1.53. The highest BCUT2D eigenvalue weighted by atomic mass is 35.5. The van der Waals surface area contributed by atoms with Gasteiger partial charge in [-0.2, -0.15) is 0 Å². The maximum absolute atomic E-state index is 13.4. The number of thioether (sulfide) groups is 1. The van der Waals surface area contributed by atoms with Crippen molar-refractivity contribution in [3.05, 3.63) is 47.0 Å². The number of halogens is 1. The molecule has 2 aliphatic rings. The Morgan fingerprint density at radius 1 is 1.27 bits per heavy atom. The van der Waals surface area contributed by atoms with E-state index in [1.54, 1.807) is 24.8 Å². The minimum Gasteiger partial charge on any atom is -0.486 e. The van der Waals surface area contributed by atoms with E-state index in [0.29, 0.717) is 46.9 Å². The number of amides is 2. The monoisotopic (exact) mass is 446 g/mol. The molecule has 1 unspecified atom stereocenters. The Morgan fingerprint density at radius 2 is 2.00 bits per heavy atom. The van der Waals surface area contributed by atoms with Crippen molar-refractivity contribution in [2.75, 3.05) is 23.4 Å². The molecule has 0 saturated heterocycles. The van der Waals surface area contributed by atoms with E-state index in [2.05, 4.69) is 5.32 Å². The molecule has 158 valence electrons. The fraction of sp³-hybridized carbons (Fsp3) is 0.364. The predicted octanol–water partition coefficient (Wildman–Crippen LogP) is 4.50. The molecule has 2 heterocycles. The zero-order valence-electron chi connectivity index (χ0n) is 17.0. The van der Waals surface area contributed by atoms with Crippen LogP contribution in [0, 0.1) is 0 Å². The van der Waals surface area contributed by atoms with Gasteiger partial charge in [0.2, 0.25) is 11.8 Å². The van der Waals surface area contributed by atoms with Gasteiger partial charge in [-0.25, -0.2) is 0 Å². The average Bonchev–Trinajstić information content (AvgIpc) is 2.72. The summed E-state index contributed by atoms with van der Waals surface area (Å²) >= 11 is 7.81. The average molecular weight is 447 g/mol. The van der Waals surface area contributed by atoms with Crippen molar-refractivity contribution in [3.8, 4) is 11.5 Å². The molecule has 0 spiro atoms. The highest BCUT2D eigenvalue weighted by Gasteiger charge is 2.44. The molecular weight excluding hydrogens is 424 g/mol. The van der Waals surface area contributed by atoms with Gasteiger partial charge >= 0.3 is 0 Å². The second-order valence-corrected chi connectivity index (χ2v) is 9.50. The largest absolute Gasteiger partial charge is 0.486 e. The molecule has 2 aliphatic heterocycles. The van der Waals surface area contributed by atoms with E-state index in [-0.39, 0.29) is 17.1 Å². The van der Waals surface area contributed by atoms with Crippen molar-refractivity contribution in [1.82, 2.24) is 0 Å². The van der Waals surface area contributed by atoms with Gasteiger partial charge in [-0.05, 0) is 50.6 Å². The third-order valence-corrected chi connectivity index (χ3v) is 6.71. The van der Waals surface area contributed by atoms with Gasteiger partial charge in [0.1, 0.15) is 18.8 Å². The third-order valence-electron chi connectivity index (χ3n) is 5.23. The van der Waals surface area contributed by atoms with Crippen LogP contribution in [-0.4, -0.2) is 35.8 Å². The molecular formula is C22H23ClN2O4S. The molecule has 0 saturated carbocycles. The van der Waals surface area contributed by atoms with Crippen molar-refractivity contribution in [3.63, 3.8) is 0 Å². The van der Waals surface area contributed by atoms with Crippen LogP contribution in [0.2, 0.25) is 5.02 Å². The first-order chi connectivity index (χ1) is 14.3. The summed E-state index contributed by atoms with van der Waals surface area (Å²) in [6.07, 6.45) is 0. The van der Waals surface area contributed by atoms with E-state index in [4.69, 9.17) is 21.1 Å². The summed E-state index contributed by atoms with van der Waals surface area (Å²) in [5.41, 5.74) is 1.32. The van der Waals surface area contributed by atoms with Gasteiger partial charge in [-0.1, -0.05) is 23.7 Å². The van der Waals surface area contributed by atoms with Crippen LogP contribution in [0.5, 0.6) is 11.5 Å². The van der Waals surface area contributed by atoms with Gasteiger partial charge in [0.25, 0.3) is 0 Å². The molecule has 2 aromatic carbocycles. The molecule has 2 aromatic rings. The fourth-order valence-electron chi connectivity index (χ4n) is 3.57. The molecule has 30 heavy (non-hydrogen) atoms. The second-order valence-electron chi connectivity index (χ2n) is 7.76. The smallest absolute Gasteiger partial charge is 0.250 e. The van der Waals surface area contributed by atoms with Crippen LogP contribution >= 0.6 is 23.4 Å². The number of rotatable bonds is 4. The van der Waals surface area contributed by atoms with Crippen LogP contribution < -0.4 is 19.7 Å². The van der Waals surface area contributed by atoms with E-state index in [1.165, 1.54) is 11.8 Å². The van der Waals surface area contributed by atoms with Crippen LogP contribution in [0.25, 0.3) is 0 Å². The fourth-order valence-corrected chi connectivity index (χ4v) is 4.71. The van der Waals surface area contributed by atoms with Crippen LogP contribution in [0.15, 0.2) is 36.4 Å². The Morgan fingerprint density at radius 3 is 2.80 bits per heavy atom. The van der Waals surface area contributed by atoms with E-state index in [0.717, 1.165) is 5.56 Å². The number of carbonyl (C=O) groups excluding carboxylic acids is 2. The van der Waals surface area contributed by atoms with Crippen molar-refractivity contribution in [2.24, 2.45) is 0 Å². The number of benzene rings is 2. The maximum atomic E-state index is 13.4. The number of nitrogens with zero attached hydrogens (tertiary/aromatic N) is 1.